The van der Waals surface area contributed by atoms with Gasteiger partial charge in [0, 0.05) is 17.8 Å². The zero-order chi connectivity index (χ0) is 18.2. The summed E-state index contributed by atoms with van der Waals surface area (Å²) in [6.45, 7) is 1.53. The van der Waals surface area contributed by atoms with E-state index in [4.69, 9.17) is 4.74 Å². The molecule has 3 amide bonds. The van der Waals surface area contributed by atoms with E-state index >= 15 is 0 Å². The second-order valence-corrected chi connectivity index (χ2v) is 4.95. The fraction of sp³-hybridized carbons (Fsp3) is 0.125. The minimum absolute atomic E-state index is 0.160. The van der Waals surface area contributed by atoms with Crippen molar-refractivity contribution < 1.29 is 19.2 Å². The Morgan fingerprint density at radius 2 is 1.80 bits per heavy atom. The average molecular weight is 344 g/mol. The molecule has 9 heteroatoms. The molecule has 0 heterocycles. The molecule has 0 aromatic heterocycles. The van der Waals surface area contributed by atoms with Crippen LogP contribution >= 0.6 is 0 Å². The van der Waals surface area contributed by atoms with Gasteiger partial charge in [0.05, 0.1) is 4.92 Å². The van der Waals surface area contributed by atoms with Crippen LogP contribution in [0.1, 0.15) is 6.92 Å². The average Bonchev–Trinajstić information content (AvgIpc) is 2.60. The van der Waals surface area contributed by atoms with E-state index in [2.05, 4.69) is 16.2 Å². The lowest BCUT2D eigenvalue weighted by molar-refractivity contribution is -0.384. The first-order valence-electron chi connectivity index (χ1n) is 7.28. The number of nitro groups is 1. The third-order valence-corrected chi connectivity index (χ3v) is 3.04. The van der Waals surface area contributed by atoms with Crippen LogP contribution in [-0.4, -0.2) is 23.0 Å². The number of benzene rings is 2. The van der Waals surface area contributed by atoms with Gasteiger partial charge in [-0.1, -0.05) is 24.3 Å². The lowest BCUT2D eigenvalue weighted by atomic mass is 10.3. The molecule has 0 spiro atoms. The number of hydrogen-bond donors (Lipinski definition) is 3. The molecule has 0 aliphatic rings. The predicted molar refractivity (Wildman–Crippen MR) is 89.9 cm³/mol. The summed E-state index contributed by atoms with van der Waals surface area (Å²) < 4.78 is 5.41. The summed E-state index contributed by atoms with van der Waals surface area (Å²) in [6, 6.07) is 13.4. The van der Waals surface area contributed by atoms with Crippen molar-refractivity contribution in [3.8, 4) is 5.75 Å². The Hall–Kier alpha value is -3.62. The molecule has 25 heavy (non-hydrogen) atoms. The molecule has 0 saturated carbocycles. The highest BCUT2D eigenvalue weighted by Crippen LogP contribution is 2.16. The molecule has 0 radical (unpaired) electrons. The van der Waals surface area contributed by atoms with Crippen molar-refractivity contribution in [2.24, 2.45) is 0 Å². The molecule has 130 valence electrons. The van der Waals surface area contributed by atoms with E-state index in [-0.39, 0.29) is 11.4 Å². The zero-order valence-corrected chi connectivity index (χ0v) is 13.3. The van der Waals surface area contributed by atoms with Crippen molar-refractivity contribution in [2.45, 2.75) is 13.0 Å². The molecule has 0 aliphatic heterocycles. The summed E-state index contributed by atoms with van der Waals surface area (Å²) in [5.74, 6) is -0.0377. The molecule has 0 aliphatic carbocycles. The monoisotopic (exact) mass is 344 g/mol. The third-order valence-electron chi connectivity index (χ3n) is 3.04. The number of anilines is 1. The molecule has 1 atom stereocenters. The summed E-state index contributed by atoms with van der Waals surface area (Å²) in [7, 11) is 0. The second-order valence-electron chi connectivity index (χ2n) is 4.95. The molecule has 3 N–H and O–H groups in total. The third kappa shape index (κ3) is 5.50. The van der Waals surface area contributed by atoms with Gasteiger partial charge in [0.25, 0.3) is 11.6 Å². The van der Waals surface area contributed by atoms with Crippen LogP contribution in [0, 0.1) is 10.1 Å². The first kappa shape index (κ1) is 17.7. The van der Waals surface area contributed by atoms with E-state index in [1.807, 2.05) is 6.07 Å². The number of non-ortho nitro benzene ring substituents is 1. The first-order chi connectivity index (χ1) is 12.0. The van der Waals surface area contributed by atoms with Gasteiger partial charge in [-0.25, -0.2) is 10.2 Å². The van der Waals surface area contributed by atoms with E-state index in [0.29, 0.717) is 5.75 Å². The number of hydrogen-bond acceptors (Lipinski definition) is 5. The van der Waals surface area contributed by atoms with Crippen molar-refractivity contribution in [3.05, 3.63) is 64.7 Å². The Morgan fingerprint density at radius 3 is 2.48 bits per heavy atom. The number of urea groups is 1. The van der Waals surface area contributed by atoms with Gasteiger partial charge in [-0.3, -0.25) is 20.3 Å². The summed E-state index contributed by atoms with van der Waals surface area (Å²) in [5, 5.41) is 13.1. The van der Waals surface area contributed by atoms with E-state index in [9.17, 15) is 19.7 Å². The molecule has 0 unspecified atom stereocenters. The number of nitrogens with zero attached hydrogens (tertiary/aromatic N) is 1. The van der Waals surface area contributed by atoms with Crippen LogP contribution < -0.4 is 20.9 Å². The highest BCUT2D eigenvalue weighted by molar-refractivity contribution is 5.91. The van der Waals surface area contributed by atoms with Crippen LogP contribution in [0.5, 0.6) is 5.75 Å². The summed E-state index contributed by atoms with van der Waals surface area (Å²) in [5.41, 5.74) is 4.40. The van der Waals surface area contributed by atoms with Gasteiger partial charge >= 0.3 is 6.03 Å². The maximum absolute atomic E-state index is 11.9. The predicted octanol–water partition coefficient (Wildman–Crippen LogP) is 2.21. The van der Waals surface area contributed by atoms with Crippen LogP contribution in [-0.2, 0) is 4.79 Å². The summed E-state index contributed by atoms with van der Waals surface area (Å²) in [6.07, 6.45) is -0.833. The number of para-hydroxylation sites is 1. The number of rotatable bonds is 5. The van der Waals surface area contributed by atoms with Crippen molar-refractivity contribution in [1.29, 1.82) is 0 Å². The van der Waals surface area contributed by atoms with Gasteiger partial charge in [0.2, 0.25) is 0 Å². The second kappa shape index (κ2) is 8.29. The van der Waals surface area contributed by atoms with Crippen LogP contribution in [0.4, 0.5) is 16.2 Å². The van der Waals surface area contributed by atoms with Gasteiger partial charge in [-0.2, -0.15) is 0 Å². The Balaban J connectivity index is 1.82. The van der Waals surface area contributed by atoms with Crippen molar-refractivity contribution in [2.75, 3.05) is 5.32 Å². The largest absolute Gasteiger partial charge is 0.481 e. The minimum Gasteiger partial charge on any atom is -0.481 e. The number of nitro benzene ring substituents is 1. The first-order valence-corrected chi connectivity index (χ1v) is 7.28. The van der Waals surface area contributed by atoms with E-state index in [0.717, 1.165) is 0 Å². The Morgan fingerprint density at radius 1 is 1.08 bits per heavy atom. The summed E-state index contributed by atoms with van der Waals surface area (Å²) >= 11 is 0. The van der Waals surface area contributed by atoms with Crippen LogP contribution in [0.25, 0.3) is 0 Å². The van der Waals surface area contributed by atoms with E-state index in [1.54, 1.807) is 24.3 Å². The zero-order valence-electron chi connectivity index (χ0n) is 13.3. The number of carbonyl (C=O) groups is 2. The minimum atomic E-state index is -0.833. The lowest BCUT2D eigenvalue weighted by Gasteiger charge is -2.15. The molecule has 0 saturated heterocycles. The van der Waals surface area contributed by atoms with E-state index < -0.39 is 23.0 Å². The molecule has 0 bridgehead atoms. The topological polar surface area (TPSA) is 123 Å². The molecular weight excluding hydrogens is 328 g/mol. The quantitative estimate of drug-likeness (QED) is 0.567. The molecule has 9 nitrogen and oxygen atoms in total. The van der Waals surface area contributed by atoms with Gasteiger partial charge in [-0.05, 0) is 25.1 Å². The molecular formula is C16H16N4O5. The highest BCUT2D eigenvalue weighted by Gasteiger charge is 2.15. The van der Waals surface area contributed by atoms with Crippen LogP contribution in [0.15, 0.2) is 54.6 Å². The Bertz CT molecular complexity index is 766. The molecule has 2 aromatic carbocycles. The maximum atomic E-state index is 11.9. The van der Waals surface area contributed by atoms with Crippen molar-refractivity contribution >= 4 is 23.3 Å². The number of nitrogens with one attached hydrogen (secondary N) is 3. The van der Waals surface area contributed by atoms with Crippen molar-refractivity contribution in [3.63, 3.8) is 0 Å². The number of hydrazine groups is 1. The lowest BCUT2D eigenvalue weighted by Crippen LogP contribution is -2.48. The molecule has 2 rings (SSSR count). The number of carbonyl (C=O) groups excluding carboxylic acids is 2. The van der Waals surface area contributed by atoms with Gasteiger partial charge in [0.15, 0.2) is 6.10 Å². The Kier molecular flexibility index (Phi) is 5.88. The van der Waals surface area contributed by atoms with Crippen LogP contribution in [0.2, 0.25) is 0 Å². The highest BCUT2D eigenvalue weighted by atomic mass is 16.6. The standard InChI is InChI=1S/C16H16N4O5/c1-11(25-14-8-3-2-4-9-14)15(21)18-19-16(22)17-12-6-5-7-13(10-12)20(23)24/h2-11H,1H3,(H,18,21)(H2,17,19,22)/t11-/m1/s1. The van der Waals surface area contributed by atoms with Crippen molar-refractivity contribution in [1.82, 2.24) is 10.9 Å². The van der Waals surface area contributed by atoms with Gasteiger partial charge in [0.1, 0.15) is 5.75 Å². The van der Waals surface area contributed by atoms with Gasteiger partial charge < -0.3 is 10.1 Å². The molecule has 0 fully saturated rings. The smallest absolute Gasteiger partial charge is 0.337 e. The number of amides is 3. The number of ether oxygens (including phenoxy) is 1. The fourth-order valence-corrected chi connectivity index (χ4v) is 1.84. The maximum Gasteiger partial charge on any atom is 0.337 e. The normalized spacial score (nSPS) is 11.1. The van der Waals surface area contributed by atoms with E-state index in [1.165, 1.54) is 31.2 Å². The van der Waals surface area contributed by atoms with Gasteiger partial charge in [-0.15, -0.1) is 0 Å². The SMILES string of the molecule is C[C@@H](Oc1ccccc1)C(=O)NNC(=O)Nc1cccc([N+](=O)[O-])c1. The van der Waals surface area contributed by atoms with Crippen LogP contribution in [0.3, 0.4) is 0 Å². The Labute approximate surface area is 143 Å². The summed E-state index contributed by atoms with van der Waals surface area (Å²) in [4.78, 5) is 33.7. The molecule has 2 aromatic rings. The fourth-order valence-electron chi connectivity index (χ4n) is 1.84.